The molecule has 7 nitrogen and oxygen atoms in total. The maximum absolute atomic E-state index is 12.1. The van der Waals surface area contributed by atoms with Gasteiger partial charge in [0.15, 0.2) is 6.61 Å². The van der Waals surface area contributed by atoms with Crippen LogP contribution in [-0.2, 0) is 4.79 Å². The summed E-state index contributed by atoms with van der Waals surface area (Å²) in [5.41, 5.74) is -0.0825. The average molecular weight is 296 g/mol. The molecular formula is C14H20N2O5. The van der Waals surface area contributed by atoms with E-state index in [2.05, 4.69) is 0 Å². The van der Waals surface area contributed by atoms with E-state index in [1.165, 1.54) is 18.2 Å². The summed E-state index contributed by atoms with van der Waals surface area (Å²) in [4.78, 5) is 23.8. The molecule has 0 heterocycles. The van der Waals surface area contributed by atoms with E-state index in [4.69, 9.17) is 9.84 Å². The quantitative estimate of drug-likeness (QED) is 0.581. The van der Waals surface area contributed by atoms with Gasteiger partial charge in [-0.1, -0.05) is 6.07 Å². The lowest BCUT2D eigenvalue weighted by Gasteiger charge is -2.26. The van der Waals surface area contributed by atoms with E-state index in [0.29, 0.717) is 13.0 Å². The van der Waals surface area contributed by atoms with Crippen LogP contribution in [0, 0.1) is 10.1 Å². The molecule has 1 aromatic rings. The van der Waals surface area contributed by atoms with Crippen LogP contribution in [0.25, 0.3) is 0 Å². The molecule has 0 atom stereocenters. The molecule has 0 aliphatic rings. The number of nitro groups is 1. The van der Waals surface area contributed by atoms with Crippen LogP contribution < -0.4 is 4.74 Å². The summed E-state index contributed by atoms with van der Waals surface area (Å²) >= 11 is 0. The van der Waals surface area contributed by atoms with E-state index in [0.717, 1.165) is 0 Å². The van der Waals surface area contributed by atoms with Crippen LogP contribution in [-0.4, -0.2) is 46.6 Å². The Morgan fingerprint density at radius 3 is 2.76 bits per heavy atom. The zero-order valence-electron chi connectivity index (χ0n) is 12.2. The van der Waals surface area contributed by atoms with Crippen LogP contribution >= 0.6 is 0 Å². The minimum absolute atomic E-state index is 0.00207. The Morgan fingerprint density at radius 1 is 1.48 bits per heavy atom. The second-order valence-corrected chi connectivity index (χ2v) is 4.80. The Hall–Kier alpha value is -2.15. The van der Waals surface area contributed by atoms with E-state index in [9.17, 15) is 14.9 Å². The number of hydrogen-bond donors (Lipinski definition) is 1. The first kappa shape index (κ1) is 16.9. The molecule has 21 heavy (non-hydrogen) atoms. The minimum atomic E-state index is -0.518. The lowest BCUT2D eigenvalue weighted by molar-refractivity contribution is -0.384. The number of amides is 1. The standard InChI is InChI=1S/C14H20N2O5/c1-11(2)15(7-4-8-17)14(18)10-21-13-6-3-5-12(9-13)16(19)20/h3,5-6,9,11,17H,4,7-8,10H2,1-2H3. The molecule has 0 saturated heterocycles. The highest BCUT2D eigenvalue weighted by atomic mass is 16.6. The zero-order chi connectivity index (χ0) is 15.8. The van der Waals surface area contributed by atoms with Gasteiger partial charge in [0.2, 0.25) is 0 Å². The number of hydrogen-bond acceptors (Lipinski definition) is 5. The molecule has 0 radical (unpaired) electrons. The van der Waals surface area contributed by atoms with Crippen LogP contribution in [0.2, 0.25) is 0 Å². The highest BCUT2D eigenvalue weighted by Gasteiger charge is 2.17. The predicted molar refractivity (Wildman–Crippen MR) is 77.1 cm³/mol. The Bertz CT molecular complexity index is 490. The van der Waals surface area contributed by atoms with Gasteiger partial charge in [-0.05, 0) is 26.3 Å². The molecular weight excluding hydrogens is 276 g/mol. The van der Waals surface area contributed by atoms with Crippen molar-refractivity contribution in [2.75, 3.05) is 19.8 Å². The molecule has 0 aliphatic heterocycles. The fraction of sp³-hybridized carbons (Fsp3) is 0.500. The molecule has 0 saturated carbocycles. The molecule has 0 aliphatic carbocycles. The smallest absolute Gasteiger partial charge is 0.273 e. The lowest BCUT2D eigenvalue weighted by Crippen LogP contribution is -2.40. The summed E-state index contributed by atoms with van der Waals surface area (Å²) < 4.78 is 5.31. The van der Waals surface area contributed by atoms with Crippen molar-refractivity contribution in [3.05, 3.63) is 34.4 Å². The van der Waals surface area contributed by atoms with E-state index >= 15 is 0 Å². The van der Waals surface area contributed by atoms with Crippen molar-refractivity contribution in [1.29, 1.82) is 0 Å². The van der Waals surface area contributed by atoms with Gasteiger partial charge in [-0.3, -0.25) is 14.9 Å². The molecule has 0 unspecified atom stereocenters. The molecule has 0 aromatic heterocycles. The van der Waals surface area contributed by atoms with Crippen molar-refractivity contribution in [2.24, 2.45) is 0 Å². The number of nitro benzene ring substituents is 1. The van der Waals surface area contributed by atoms with Gasteiger partial charge in [0, 0.05) is 25.3 Å². The summed E-state index contributed by atoms with van der Waals surface area (Å²) in [6, 6.07) is 5.70. The van der Waals surface area contributed by atoms with Crippen molar-refractivity contribution in [1.82, 2.24) is 4.90 Å². The second-order valence-electron chi connectivity index (χ2n) is 4.80. The number of carbonyl (C=O) groups is 1. The molecule has 7 heteroatoms. The number of nitrogens with zero attached hydrogens (tertiary/aromatic N) is 2. The van der Waals surface area contributed by atoms with E-state index in [1.54, 1.807) is 11.0 Å². The fourth-order valence-corrected chi connectivity index (χ4v) is 1.83. The highest BCUT2D eigenvalue weighted by Crippen LogP contribution is 2.19. The van der Waals surface area contributed by atoms with Crippen molar-refractivity contribution >= 4 is 11.6 Å². The molecule has 1 aromatic carbocycles. The van der Waals surface area contributed by atoms with Crippen molar-refractivity contribution < 1.29 is 19.6 Å². The molecule has 0 bridgehead atoms. The van der Waals surface area contributed by atoms with E-state index in [1.807, 2.05) is 13.8 Å². The molecule has 1 N–H and O–H groups in total. The van der Waals surface area contributed by atoms with Crippen molar-refractivity contribution in [3.8, 4) is 5.75 Å². The molecule has 1 amide bonds. The van der Waals surface area contributed by atoms with E-state index < -0.39 is 4.92 Å². The third kappa shape index (κ3) is 5.39. The first-order valence-electron chi connectivity index (χ1n) is 6.73. The van der Waals surface area contributed by atoms with Gasteiger partial charge in [-0.15, -0.1) is 0 Å². The number of aliphatic hydroxyl groups excluding tert-OH is 1. The third-order valence-corrected chi connectivity index (χ3v) is 2.89. The SMILES string of the molecule is CC(C)N(CCCO)C(=O)COc1cccc([N+](=O)[O-])c1. The zero-order valence-corrected chi connectivity index (χ0v) is 12.2. The number of benzene rings is 1. The van der Waals surface area contributed by atoms with Gasteiger partial charge >= 0.3 is 0 Å². The van der Waals surface area contributed by atoms with Crippen molar-refractivity contribution in [3.63, 3.8) is 0 Å². The Labute approximate surface area is 123 Å². The maximum atomic E-state index is 12.1. The number of aliphatic hydroxyl groups is 1. The lowest BCUT2D eigenvalue weighted by atomic mass is 10.3. The number of rotatable bonds is 8. The topological polar surface area (TPSA) is 92.9 Å². The molecule has 116 valence electrons. The number of carbonyl (C=O) groups excluding carboxylic acids is 1. The summed E-state index contributed by atoms with van der Waals surface area (Å²) in [5.74, 6) is 0.0633. The maximum Gasteiger partial charge on any atom is 0.273 e. The monoisotopic (exact) mass is 296 g/mol. The first-order valence-corrected chi connectivity index (χ1v) is 6.73. The Balaban J connectivity index is 2.62. The van der Waals surface area contributed by atoms with Crippen LogP contribution in [0.4, 0.5) is 5.69 Å². The van der Waals surface area contributed by atoms with Crippen LogP contribution in [0.15, 0.2) is 24.3 Å². The number of non-ortho nitro benzene ring substituents is 1. The fourth-order valence-electron chi connectivity index (χ4n) is 1.83. The molecule has 0 fully saturated rings. The summed E-state index contributed by atoms with van der Waals surface area (Å²) in [5, 5.41) is 19.5. The molecule has 1 rings (SSSR count). The van der Waals surface area contributed by atoms with E-state index in [-0.39, 0.29) is 36.6 Å². The van der Waals surface area contributed by atoms with Crippen LogP contribution in [0.5, 0.6) is 5.75 Å². The Kier molecular flexibility index (Phi) is 6.61. The highest BCUT2D eigenvalue weighted by molar-refractivity contribution is 5.78. The van der Waals surface area contributed by atoms with Crippen LogP contribution in [0.1, 0.15) is 20.3 Å². The summed E-state index contributed by atoms with van der Waals surface area (Å²) in [6.45, 7) is 4.03. The summed E-state index contributed by atoms with van der Waals surface area (Å²) in [6.07, 6.45) is 0.501. The average Bonchev–Trinajstić information content (AvgIpc) is 2.45. The molecule has 0 spiro atoms. The van der Waals surface area contributed by atoms with Gasteiger partial charge in [0.25, 0.3) is 11.6 Å². The second kappa shape index (κ2) is 8.21. The van der Waals surface area contributed by atoms with Gasteiger partial charge in [0.05, 0.1) is 11.0 Å². The number of ether oxygens (including phenoxy) is 1. The van der Waals surface area contributed by atoms with Crippen molar-refractivity contribution in [2.45, 2.75) is 26.3 Å². The normalized spacial score (nSPS) is 10.5. The van der Waals surface area contributed by atoms with Crippen LogP contribution in [0.3, 0.4) is 0 Å². The predicted octanol–water partition coefficient (Wildman–Crippen LogP) is 1.59. The largest absolute Gasteiger partial charge is 0.484 e. The first-order chi connectivity index (χ1) is 9.95. The van der Waals surface area contributed by atoms with Gasteiger partial charge in [-0.2, -0.15) is 0 Å². The summed E-state index contributed by atoms with van der Waals surface area (Å²) in [7, 11) is 0. The van der Waals surface area contributed by atoms with Gasteiger partial charge < -0.3 is 14.7 Å². The van der Waals surface area contributed by atoms with Gasteiger partial charge in [0.1, 0.15) is 5.75 Å². The third-order valence-electron chi connectivity index (χ3n) is 2.89. The Morgan fingerprint density at radius 2 is 2.19 bits per heavy atom. The van der Waals surface area contributed by atoms with Gasteiger partial charge in [-0.25, -0.2) is 0 Å². The minimum Gasteiger partial charge on any atom is -0.484 e.